The molecule has 1 atom stereocenters. The maximum atomic E-state index is 13.6. The molecule has 0 aliphatic carbocycles. The van der Waals surface area contributed by atoms with Crippen molar-refractivity contribution in [3.63, 3.8) is 0 Å². The smallest absolute Gasteiger partial charge is 0.301 e. The third kappa shape index (κ3) is 4.48. The number of rotatable bonds is 6. The summed E-state index contributed by atoms with van der Waals surface area (Å²) in [7, 11) is 0. The van der Waals surface area contributed by atoms with E-state index in [4.69, 9.17) is 19.2 Å². The number of hydrogen-bond donors (Lipinski definition) is 1. The minimum atomic E-state index is -0.912. The summed E-state index contributed by atoms with van der Waals surface area (Å²) in [5.41, 5.74) is 2.74. The summed E-state index contributed by atoms with van der Waals surface area (Å²) in [5.74, 6) is -0.209. The number of benzene rings is 3. The van der Waals surface area contributed by atoms with Crippen LogP contribution in [0.3, 0.4) is 0 Å². The number of ketones is 1. The van der Waals surface area contributed by atoms with Gasteiger partial charge in [-0.25, -0.2) is 4.98 Å². The number of aliphatic hydroxyl groups excluding tert-OH is 1. The summed E-state index contributed by atoms with van der Waals surface area (Å²) in [6.45, 7) is 5.34. The molecule has 3 heterocycles. The number of thiazole rings is 1. The zero-order valence-electron chi connectivity index (χ0n) is 21.5. The number of anilines is 1. The average Bonchev–Trinajstić information content (AvgIpc) is 3.48. The highest BCUT2D eigenvalue weighted by molar-refractivity contribution is 7.22. The molecule has 1 unspecified atom stereocenters. The number of carbonyl (C=O) groups excluding carboxylic acids is 2. The summed E-state index contributed by atoms with van der Waals surface area (Å²) in [4.78, 5) is 33.2. The molecule has 1 amide bonds. The summed E-state index contributed by atoms with van der Waals surface area (Å²) in [6.07, 6.45) is 0.831. The molecule has 8 nitrogen and oxygen atoms in total. The zero-order chi connectivity index (χ0) is 27.1. The lowest BCUT2D eigenvalue weighted by Gasteiger charge is -2.23. The maximum Gasteiger partial charge on any atom is 0.301 e. The summed E-state index contributed by atoms with van der Waals surface area (Å²) in [6, 6.07) is 17.1. The number of hydrogen-bond acceptors (Lipinski definition) is 8. The van der Waals surface area contributed by atoms with Crippen molar-refractivity contribution in [2.75, 3.05) is 24.7 Å². The van der Waals surface area contributed by atoms with Gasteiger partial charge in [0.1, 0.15) is 24.7 Å². The van der Waals surface area contributed by atoms with Gasteiger partial charge in [0.25, 0.3) is 5.78 Å². The lowest BCUT2D eigenvalue weighted by Crippen LogP contribution is -2.29. The standard InChI is InChI=1S/C30H26N2O6S/c1-3-11-36-20-6-4-5-18(15-20)26-25(27(33)19-8-10-22-23(16-19)38-13-12-37-22)28(34)29(35)32(26)30-31-21-9-7-17(2)14-24(21)39-30/h4-10,14-16,26,33H,3,11-13H2,1-2H3/b27-25-. The summed E-state index contributed by atoms with van der Waals surface area (Å²) < 4.78 is 18.0. The topological polar surface area (TPSA) is 98.2 Å². The number of carbonyl (C=O) groups is 2. The van der Waals surface area contributed by atoms with Crippen LogP contribution in [0.25, 0.3) is 16.0 Å². The monoisotopic (exact) mass is 542 g/mol. The maximum absolute atomic E-state index is 13.6. The van der Waals surface area contributed by atoms with E-state index in [1.807, 2.05) is 50.2 Å². The van der Waals surface area contributed by atoms with Gasteiger partial charge in [-0.05, 0) is 66.9 Å². The highest BCUT2D eigenvalue weighted by Gasteiger charge is 2.48. The Labute approximate surface area is 229 Å². The van der Waals surface area contributed by atoms with Gasteiger partial charge in [-0.15, -0.1) is 0 Å². The second kappa shape index (κ2) is 10.1. The van der Waals surface area contributed by atoms with Crippen LogP contribution in [-0.2, 0) is 9.59 Å². The van der Waals surface area contributed by atoms with E-state index < -0.39 is 17.7 Å². The van der Waals surface area contributed by atoms with Gasteiger partial charge in [-0.1, -0.05) is 36.5 Å². The Kier molecular flexibility index (Phi) is 6.44. The fourth-order valence-electron chi connectivity index (χ4n) is 4.81. The molecule has 1 aromatic heterocycles. The lowest BCUT2D eigenvalue weighted by molar-refractivity contribution is -0.132. The Morgan fingerprint density at radius 3 is 2.72 bits per heavy atom. The molecule has 2 aliphatic heterocycles. The Morgan fingerprint density at radius 2 is 1.90 bits per heavy atom. The van der Waals surface area contributed by atoms with Crippen molar-refractivity contribution in [2.24, 2.45) is 0 Å². The van der Waals surface area contributed by atoms with Crippen molar-refractivity contribution in [2.45, 2.75) is 26.3 Å². The van der Waals surface area contributed by atoms with E-state index in [9.17, 15) is 14.7 Å². The van der Waals surface area contributed by atoms with Gasteiger partial charge in [0.05, 0.1) is 28.4 Å². The molecule has 0 spiro atoms. The van der Waals surface area contributed by atoms with Crippen LogP contribution in [0.5, 0.6) is 17.2 Å². The molecule has 39 heavy (non-hydrogen) atoms. The number of aryl methyl sites for hydroxylation is 1. The van der Waals surface area contributed by atoms with E-state index in [0.717, 1.165) is 22.2 Å². The van der Waals surface area contributed by atoms with Gasteiger partial charge in [0.15, 0.2) is 16.6 Å². The molecule has 4 aromatic rings. The van der Waals surface area contributed by atoms with Crippen molar-refractivity contribution in [1.82, 2.24) is 4.98 Å². The van der Waals surface area contributed by atoms with Gasteiger partial charge in [-0.2, -0.15) is 0 Å². The van der Waals surface area contributed by atoms with E-state index in [2.05, 4.69) is 0 Å². The number of fused-ring (bicyclic) bond motifs is 2. The largest absolute Gasteiger partial charge is 0.507 e. The first-order chi connectivity index (χ1) is 18.9. The number of nitrogens with zero attached hydrogens (tertiary/aromatic N) is 2. The van der Waals surface area contributed by atoms with Gasteiger partial charge in [0, 0.05) is 5.56 Å². The van der Waals surface area contributed by atoms with Crippen molar-refractivity contribution >= 4 is 44.1 Å². The molecule has 0 radical (unpaired) electrons. The fraction of sp³-hybridized carbons (Fsp3) is 0.233. The normalized spacial score (nSPS) is 18.1. The minimum absolute atomic E-state index is 0.0280. The molecule has 9 heteroatoms. The number of aliphatic hydroxyl groups is 1. The zero-order valence-corrected chi connectivity index (χ0v) is 22.3. The van der Waals surface area contributed by atoms with Crippen LogP contribution < -0.4 is 19.1 Å². The molecule has 2 aliphatic rings. The number of amides is 1. The van der Waals surface area contributed by atoms with Crippen molar-refractivity contribution < 1.29 is 28.9 Å². The van der Waals surface area contributed by atoms with Crippen LogP contribution in [0.4, 0.5) is 5.13 Å². The highest BCUT2D eigenvalue weighted by atomic mass is 32.1. The molecular formula is C30H26N2O6S. The molecule has 1 saturated heterocycles. The van der Waals surface area contributed by atoms with E-state index in [1.54, 1.807) is 24.3 Å². The molecule has 0 bridgehead atoms. The molecule has 3 aromatic carbocycles. The third-order valence-corrected chi connectivity index (χ3v) is 7.66. The van der Waals surface area contributed by atoms with Crippen LogP contribution in [-0.4, -0.2) is 41.6 Å². The number of ether oxygens (including phenoxy) is 3. The fourth-order valence-corrected chi connectivity index (χ4v) is 5.90. The first kappa shape index (κ1) is 24.9. The first-order valence-corrected chi connectivity index (χ1v) is 13.6. The van der Waals surface area contributed by atoms with Crippen LogP contribution in [0.1, 0.15) is 36.1 Å². The molecular weight excluding hydrogens is 516 g/mol. The Hall–Kier alpha value is -4.37. The first-order valence-electron chi connectivity index (χ1n) is 12.8. The van der Waals surface area contributed by atoms with Crippen LogP contribution in [0.2, 0.25) is 0 Å². The predicted molar refractivity (Wildman–Crippen MR) is 149 cm³/mol. The van der Waals surface area contributed by atoms with Crippen molar-refractivity contribution in [1.29, 1.82) is 0 Å². The molecule has 1 fully saturated rings. The highest BCUT2D eigenvalue weighted by Crippen LogP contribution is 2.45. The van der Waals surface area contributed by atoms with Crippen LogP contribution in [0.15, 0.2) is 66.2 Å². The van der Waals surface area contributed by atoms with Crippen molar-refractivity contribution in [3.8, 4) is 17.2 Å². The average molecular weight is 543 g/mol. The van der Waals surface area contributed by atoms with E-state index in [0.29, 0.717) is 53.3 Å². The molecule has 6 rings (SSSR count). The second-order valence-electron chi connectivity index (χ2n) is 9.42. The van der Waals surface area contributed by atoms with Crippen LogP contribution >= 0.6 is 11.3 Å². The Bertz CT molecular complexity index is 1640. The number of aromatic nitrogens is 1. The quantitative estimate of drug-likeness (QED) is 0.187. The van der Waals surface area contributed by atoms with Gasteiger partial charge >= 0.3 is 5.91 Å². The third-order valence-electron chi connectivity index (χ3n) is 6.65. The molecule has 0 saturated carbocycles. The van der Waals surface area contributed by atoms with E-state index in [-0.39, 0.29) is 11.3 Å². The second-order valence-corrected chi connectivity index (χ2v) is 10.4. The predicted octanol–water partition coefficient (Wildman–Crippen LogP) is 5.79. The van der Waals surface area contributed by atoms with Gasteiger partial charge in [0.2, 0.25) is 0 Å². The molecule has 1 N–H and O–H groups in total. The van der Waals surface area contributed by atoms with Crippen LogP contribution in [0, 0.1) is 6.92 Å². The van der Waals surface area contributed by atoms with E-state index in [1.165, 1.54) is 16.2 Å². The summed E-state index contributed by atoms with van der Waals surface area (Å²) >= 11 is 1.33. The minimum Gasteiger partial charge on any atom is -0.507 e. The van der Waals surface area contributed by atoms with Crippen molar-refractivity contribution in [3.05, 3.63) is 82.9 Å². The SMILES string of the molecule is CCCOc1cccc(C2/C(=C(/O)c3ccc4c(c3)OCCO4)C(=O)C(=O)N2c2nc3ccc(C)cc3s2)c1. The lowest BCUT2D eigenvalue weighted by atomic mass is 9.95. The van der Waals surface area contributed by atoms with Gasteiger partial charge < -0.3 is 19.3 Å². The number of Topliss-reactive ketones (excluding diaryl/α,β-unsaturated/α-hetero) is 1. The van der Waals surface area contributed by atoms with Gasteiger partial charge in [-0.3, -0.25) is 14.5 Å². The molecule has 198 valence electrons. The summed E-state index contributed by atoms with van der Waals surface area (Å²) in [5, 5.41) is 11.9. The Balaban J connectivity index is 1.52. The van der Waals surface area contributed by atoms with E-state index >= 15 is 0 Å². The Morgan fingerprint density at radius 1 is 1.08 bits per heavy atom.